The molecule has 2 aromatic carbocycles. The Labute approximate surface area is 197 Å². The third-order valence-corrected chi connectivity index (χ3v) is 6.96. The number of rotatable bonds is 5. The summed E-state index contributed by atoms with van der Waals surface area (Å²) in [5.74, 6) is 0.377. The van der Waals surface area contributed by atoms with E-state index in [2.05, 4.69) is 4.98 Å². The standard InChI is InChI=1S/C26H21N3O4S/c1-17-7-10-20(11-8-17)34(31,32)21(16-27)15-22-25(33-23-12-9-18(2)14-19(23)3)28-24-6-4-5-13-29(24)26(22)30/h4-15H,1-3H3. The van der Waals surface area contributed by atoms with Gasteiger partial charge >= 0.3 is 0 Å². The van der Waals surface area contributed by atoms with Gasteiger partial charge in [-0.2, -0.15) is 10.2 Å². The molecule has 170 valence electrons. The number of hydrogen-bond acceptors (Lipinski definition) is 6. The van der Waals surface area contributed by atoms with Crippen LogP contribution in [0.2, 0.25) is 0 Å². The third-order valence-electron chi connectivity index (χ3n) is 5.28. The first-order chi connectivity index (χ1) is 16.2. The van der Waals surface area contributed by atoms with Gasteiger partial charge in [-0.05, 0) is 62.7 Å². The molecule has 0 radical (unpaired) electrons. The Bertz CT molecular complexity index is 1640. The molecule has 7 nitrogen and oxygen atoms in total. The van der Waals surface area contributed by atoms with E-state index in [9.17, 15) is 18.5 Å². The molecule has 0 aliphatic carbocycles. The smallest absolute Gasteiger partial charge is 0.269 e. The number of aryl methyl sites for hydroxylation is 3. The van der Waals surface area contributed by atoms with Crippen LogP contribution in [0.15, 0.2) is 81.5 Å². The molecule has 34 heavy (non-hydrogen) atoms. The molecular weight excluding hydrogens is 450 g/mol. The molecule has 4 rings (SSSR count). The van der Waals surface area contributed by atoms with Crippen molar-refractivity contribution in [1.82, 2.24) is 9.38 Å². The molecule has 0 atom stereocenters. The Morgan fingerprint density at radius 2 is 1.74 bits per heavy atom. The van der Waals surface area contributed by atoms with Crippen LogP contribution >= 0.6 is 0 Å². The van der Waals surface area contributed by atoms with Crippen LogP contribution in [0.25, 0.3) is 11.7 Å². The van der Waals surface area contributed by atoms with E-state index in [4.69, 9.17) is 4.74 Å². The SMILES string of the molecule is Cc1ccc(S(=O)(=O)C(C#N)=Cc2c(Oc3ccc(C)cc3C)nc3ccccn3c2=O)cc1. The van der Waals surface area contributed by atoms with Gasteiger partial charge in [-0.3, -0.25) is 9.20 Å². The number of aromatic nitrogens is 2. The van der Waals surface area contributed by atoms with Crippen LogP contribution in [0.4, 0.5) is 0 Å². The minimum atomic E-state index is -4.17. The van der Waals surface area contributed by atoms with E-state index < -0.39 is 20.3 Å². The summed E-state index contributed by atoms with van der Waals surface area (Å²) in [4.78, 5) is 17.1. The first kappa shape index (κ1) is 23.0. The van der Waals surface area contributed by atoms with Crippen LogP contribution in [-0.2, 0) is 9.84 Å². The van der Waals surface area contributed by atoms with Gasteiger partial charge in [0.25, 0.3) is 5.56 Å². The summed E-state index contributed by atoms with van der Waals surface area (Å²) in [7, 11) is -4.17. The fourth-order valence-electron chi connectivity index (χ4n) is 3.45. The van der Waals surface area contributed by atoms with Crippen LogP contribution < -0.4 is 10.3 Å². The number of sulfone groups is 1. The van der Waals surface area contributed by atoms with E-state index in [0.29, 0.717) is 11.4 Å². The lowest BCUT2D eigenvalue weighted by Gasteiger charge is -2.12. The quantitative estimate of drug-likeness (QED) is 0.389. The number of allylic oxidation sites excluding steroid dienone is 1. The average molecular weight is 472 g/mol. The van der Waals surface area contributed by atoms with E-state index in [1.54, 1.807) is 42.5 Å². The number of nitriles is 1. The van der Waals surface area contributed by atoms with Crippen LogP contribution in [-0.4, -0.2) is 17.8 Å². The Morgan fingerprint density at radius 1 is 1.03 bits per heavy atom. The maximum absolute atomic E-state index is 13.3. The van der Waals surface area contributed by atoms with Crippen LogP contribution in [0.3, 0.4) is 0 Å². The molecule has 2 heterocycles. The molecule has 0 aliphatic rings. The Hall–Kier alpha value is -4.22. The van der Waals surface area contributed by atoms with Crippen LogP contribution in [0.5, 0.6) is 11.6 Å². The highest BCUT2D eigenvalue weighted by molar-refractivity contribution is 7.95. The molecule has 0 spiro atoms. The van der Waals surface area contributed by atoms with Gasteiger partial charge in [0.2, 0.25) is 15.7 Å². The number of hydrogen-bond donors (Lipinski definition) is 0. The molecule has 0 bridgehead atoms. The van der Waals surface area contributed by atoms with Gasteiger partial charge in [0.15, 0.2) is 0 Å². The molecule has 0 fully saturated rings. The van der Waals surface area contributed by atoms with Crippen molar-refractivity contribution in [3.8, 4) is 17.7 Å². The van der Waals surface area contributed by atoms with Crippen molar-refractivity contribution in [3.63, 3.8) is 0 Å². The van der Waals surface area contributed by atoms with Gasteiger partial charge in [0.05, 0.1) is 4.90 Å². The number of nitrogens with zero attached hydrogens (tertiary/aromatic N) is 3. The molecule has 0 unspecified atom stereocenters. The highest BCUT2D eigenvalue weighted by atomic mass is 32.2. The second-order valence-electron chi connectivity index (χ2n) is 7.87. The van der Waals surface area contributed by atoms with E-state index in [1.807, 2.05) is 32.9 Å². The largest absolute Gasteiger partial charge is 0.438 e. The minimum absolute atomic E-state index is 0.0448. The zero-order valence-electron chi connectivity index (χ0n) is 18.8. The van der Waals surface area contributed by atoms with Crippen LogP contribution in [0.1, 0.15) is 22.3 Å². The monoisotopic (exact) mass is 471 g/mol. The maximum Gasteiger partial charge on any atom is 0.269 e. The number of ether oxygens (including phenoxy) is 1. The number of benzene rings is 2. The fraction of sp³-hybridized carbons (Fsp3) is 0.115. The Morgan fingerprint density at radius 3 is 2.41 bits per heavy atom. The lowest BCUT2D eigenvalue weighted by Crippen LogP contribution is -2.19. The van der Waals surface area contributed by atoms with Crippen molar-refractivity contribution in [2.24, 2.45) is 0 Å². The first-order valence-electron chi connectivity index (χ1n) is 10.4. The normalized spacial score (nSPS) is 11.9. The fourth-order valence-corrected chi connectivity index (χ4v) is 4.59. The highest BCUT2D eigenvalue weighted by Crippen LogP contribution is 2.29. The topological polar surface area (TPSA) is 102 Å². The minimum Gasteiger partial charge on any atom is -0.438 e. The van der Waals surface area contributed by atoms with Crippen molar-refractivity contribution >= 4 is 21.6 Å². The van der Waals surface area contributed by atoms with Crippen LogP contribution in [0, 0.1) is 32.1 Å². The van der Waals surface area contributed by atoms with Crippen molar-refractivity contribution in [2.45, 2.75) is 25.7 Å². The van der Waals surface area contributed by atoms with Crippen molar-refractivity contribution < 1.29 is 13.2 Å². The summed E-state index contributed by atoms with van der Waals surface area (Å²) in [6.45, 7) is 5.63. The van der Waals surface area contributed by atoms with Crippen molar-refractivity contribution in [1.29, 1.82) is 5.26 Å². The molecule has 0 N–H and O–H groups in total. The molecule has 0 saturated heterocycles. The number of pyridine rings is 1. The summed E-state index contributed by atoms with van der Waals surface area (Å²) >= 11 is 0. The summed E-state index contributed by atoms with van der Waals surface area (Å²) < 4.78 is 33.6. The number of fused-ring (bicyclic) bond motifs is 1. The highest BCUT2D eigenvalue weighted by Gasteiger charge is 2.23. The zero-order chi connectivity index (χ0) is 24.5. The lowest BCUT2D eigenvalue weighted by atomic mass is 10.1. The third kappa shape index (κ3) is 4.34. The average Bonchev–Trinajstić information content (AvgIpc) is 2.81. The summed E-state index contributed by atoms with van der Waals surface area (Å²) in [6, 6.07) is 18.4. The van der Waals surface area contributed by atoms with Crippen molar-refractivity contribution in [3.05, 3.63) is 104 Å². The predicted molar refractivity (Wildman–Crippen MR) is 129 cm³/mol. The van der Waals surface area contributed by atoms with Gasteiger partial charge in [-0.15, -0.1) is 0 Å². The molecule has 0 saturated carbocycles. The summed E-state index contributed by atoms with van der Waals surface area (Å²) in [5.41, 5.74) is 2.35. The second kappa shape index (κ2) is 8.96. The van der Waals surface area contributed by atoms with Gasteiger partial charge in [0.1, 0.15) is 27.9 Å². The predicted octanol–water partition coefficient (Wildman–Crippen LogP) is 4.75. The molecular formula is C26H21N3O4S. The maximum atomic E-state index is 13.3. The van der Waals surface area contributed by atoms with E-state index in [0.717, 1.165) is 22.8 Å². The lowest BCUT2D eigenvalue weighted by molar-refractivity contribution is 0.457. The summed E-state index contributed by atoms with van der Waals surface area (Å²) in [5, 5.41) is 9.73. The van der Waals surface area contributed by atoms with E-state index in [1.165, 1.54) is 22.7 Å². The van der Waals surface area contributed by atoms with E-state index in [-0.39, 0.29) is 16.3 Å². The Balaban J connectivity index is 1.94. The zero-order valence-corrected chi connectivity index (χ0v) is 19.6. The molecule has 0 amide bonds. The summed E-state index contributed by atoms with van der Waals surface area (Å²) in [6.07, 6.45) is 2.55. The van der Waals surface area contributed by atoms with Gasteiger partial charge < -0.3 is 4.74 Å². The molecule has 4 aromatic rings. The van der Waals surface area contributed by atoms with Crippen molar-refractivity contribution in [2.75, 3.05) is 0 Å². The molecule has 0 aliphatic heterocycles. The Kier molecular flexibility index (Phi) is 6.05. The first-order valence-corrected chi connectivity index (χ1v) is 11.9. The van der Waals surface area contributed by atoms with Gasteiger partial charge in [-0.1, -0.05) is 41.5 Å². The van der Waals surface area contributed by atoms with Gasteiger partial charge in [0, 0.05) is 6.20 Å². The van der Waals surface area contributed by atoms with E-state index >= 15 is 0 Å². The second-order valence-corrected chi connectivity index (χ2v) is 9.79. The molecule has 2 aromatic heterocycles. The molecule has 8 heteroatoms. The van der Waals surface area contributed by atoms with Gasteiger partial charge in [-0.25, -0.2) is 8.42 Å².